The third-order valence-corrected chi connectivity index (χ3v) is 3.53. The fourth-order valence-corrected chi connectivity index (χ4v) is 2.26. The summed E-state index contributed by atoms with van der Waals surface area (Å²) in [5.41, 5.74) is 0. The topological polar surface area (TPSA) is 50.4 Å². The lowest BCUT2D eigenvalue weighted by molar-refractivity contribution is -0.120. The summed E-state index contributed by atoms with van der Waals surface area (Å²) in [6.45, 7) is 3.35. The predicted molar refractivity (Wildman–Crippen MR) is 75.2 cm³/mol. The van der Waals surface area contributed by atoms with Gasteiger partial charge in [0.1, 0.15) is 5.75 Å². The summed E-state index contributed by atoms with van der Waals surface area (Å²) in [5, 5.41) is 5.77. The van der Waals surface area contributed by atoms with Crippen molar-refractivity contribution in [2.24, 2.45) is 0 Å². The van der Waals surface area contributed by atoms with E-state index in [1.54, 1.807) is 18.9 Å². The number of amides is 1. The zero-order valence-electron chi connectivity index (χ0n) is 11.0. The maximum atomic E-state index is 11.8. The molecular formula is C13H20N2O2S. The average molecular weight is 268 g/mol. The molecule has 0 fully saturated rings. The summed E-state index contributed by atoms with van der Waals surface area (Å²) in [6.07, 6.45) is 0. The van der Waals surface area contributed by atoms with E-state index >= 15 is 0 Å². The lowest BCUT2D eigenvalue weighted by atomic mass is 10.3. The molecule has 2 N–H and O–H groups in total. The van der Waals surface area contributed by atoms with Crippen LogP contribution in [0.5, 0.6) is 5.75 Å². The number of methoxy groups -OCH3 is 1. The highest BCUT2D eigenvalue weighted by Crippen LogP contribution is 2.25. The van der Waals surface area contributed by atoms with Gasteiger partial charge in [-0.1, -0.05) is 0 Å². The number of hydrogen-bond donors (Lipinski definition) is 2. The van der Waals surface area contributed by atoms with E-state index < -0.39 is 0 Å². The Bertz CT molecular complexity index is 368. The Hall–Kier alpha value is -1.20. The Morgan fingerprint density at radius 3 is 2.56 bits per heavy atom. The van der Waals surface area contributed by atoms with Gasteiger partial charge in [0, 0.05) is 18.0 Å². The molecule has 1 aromatic carbocycles. The van der Waals surface area contributed by atoms with Crippen LogP contribution in [-0.2, 0) is 4.79 Å². The van der Waals surface area contributed by atoms with Crippen LogP contribution in [0.3, 0.4) is 0 Å². The molecule has 100 valence electrons. The number of thioether (sulfide) groups is 1. The van der Waals surface area contributed by atoms with Crippen LogP contribution < -0.4 is 15.4 Å². The van der Waals surface area contributed by atoms with Gasteiger partial charge in [-0.3, -0.25) is 4.79 Å². The summed E-state index contributed by atoms with van der Waals surface area (Å²) < 4.78 is 5.09. The van der Waals surface area contributed by atoms with E-state index in [-0.39, 0.29) is 11.2 Å². The molecule has 1 aromatic rings. The second-order valence-corrected chi connectivity index (χ2v) is 5.24. The number of carbonyl (C=O) groups excluding carboxylic acids is 1. The first-order valence-electron chi connectivity index (χ1n) is 5.90. The Balaban J connectivity index is 2.42. The minimum atomic E-state index is -0.102. The van der Waals surface area contributed by atoms with E-state index in [0.717, 1.165) is 17.2 Å². The first-order valence-corrected chi connectivity index (χ1v) is 6.78. The first-order chi connectivity index (χ1) is 8.67. The number of carbonyl (C=O) groups is 1. The first kappa shape index (κ1) is 14.9. The van der Waals surface area contributed by atoms with E-state index in [9.17, 15) is 4.79 Å². The van der Waals surface area contributed by atoms with Crippen LogP contribution in [0, 0.1) is 0 Å². The second-order valence-electron chi connectivity index (χ2n) is 3.83. The Kier molecular flexibility index (Phi) is 6.60. The molecule has 0 aliphatic carbocycles. The molecule has 1 unspecified atom stereocenters. The van der Waals surface area contributed by atoms with Crippen molar-refractivity contribution in [2.45, 2.75) is 17.1 Å². The monoisotopic (exact) mass is 268 g/mol. The molecule has 1 rings (SSSR count). The van der Waals surface area contributed by atoms with Gasteiger partial charge in [-0.15, -0.1) is 11.8 Å². The van der Waals surface area contributed by atoms with Gasteiger partial charge in [0.05, 0.1) is 12.4 Å². The fraction of sp³-hybridized carbons (Fsp3) is 0.462. The molecule has 0 aliphatic rings. The Labute approximate surface area is 112 Å². The molecule has 5 heteroatoms. The smallest absolute Gasteiger partial charge is 0.233 e. The molecule has 0 saturated heterocycles. The zero-order valence-corrected chi connectivity index (χ0v) is 11.8. The summed E-state index contributed by atoms with van der Waals surface area (Å²) in [5.74, 6) is 0.886. The van der Waals surface area contributed by atoms with Gasteiger partial charge in [-0.25, -0.2) is 0 Å². The maximum absolute atomic E-state index is 11.8. The highest BCUT2D eigenvalue weighted by atomic mass is 32.2. The molecule has 0 bridgehead atoms. The molecule has 0 radical (unpaired) electrons. The summed E-state index contributed by atoms with van der Waals surface area (Å²) in [7, 11) is 3.50. The summed E-state index contributed by atoms with van der Waals surface area (Å²) >= 11 is 1.54. The van der Waals surface area contributed by atoms with Gasteiger partial charge in [-0.2, -0.15) is 0 Å². The molecule has 0 heterocycles. The number of rotatable bonds is 7. The van der Waals surface area contributed by atoms with Gasteiger partial charge in [0.2, 0.25) is 5.91 Å². The van der Waals surface area contributed by atoms with E-state index in [1.165, 1.54) is 0 Å². The minimum absolute atomic E-state index is 0.0612. The van der Waals surface area contributed by atoms with Crippen LogP contribution in [-0.4, -0.2) is 38.4 Å². The quantitative estimate of drug-likeness (QED) is 0.581. The summed E-state index contributed by atoms with van der Waals surface area (Å²) in [6, 6.07) is 7.71. The molecule has 18 heavy (non-hydrogen) atoms. The molecular weight excluding hydrogens is 248 g/mol. The normalized spacial score (nSPS) is 11.9. The van der Waals surface area contributed by atoms with Crippen molar-refractivity contribution < 1.29 is 9.53 Å². The minimum Gasteiger partial charge on any atom is -0.497 e. The number of benzene rings is 1. The third kappa shape index (κ3) is 4.98. The van der Waals surface area contributed by atoms with Crippen molar-refractivity contribution in [3.05, 3.63) is 24.3 Å². The molecule has 0 aliphatic heterocycles. The molecule has 1 atom stereocenters. The molecule has 0 aromatic heterocycles. The van der Waals surface area contributed by atoms with E-state index in [2.05, 4.69) is 10.6 Å². The van der Waals surface area contributed by atoms with Crippen LogP contribution in [0.4, 0.5) is 0 Å². The summed E-state index contributed by atoms with van der Waals surface area (Å²) in [4.78, 5) is 12.8. The van der Waals surface area contributed by atoms with Crippen LogP contribution in [0.15, 0.2) is 29.2 Å². The molecule has 0 spiro atoms. The van der Waals surface area contributed by atoms with Gasteiger partial charge in [0.25, 0.3) is 0 Å². The van der Waals surface area contributed by atoms with Crippen molar-refractivity contribution in [3.8, 4) is 5.75 Å². The van der Waals surface area contributed by atoms with E-state index in [1.807, 2.05) is 38.2 Å². The number of hydrogen-bond acceptors (Lipinski definition) is 4. The molecule has 0 saturated carbocycles. The number of likely N-dealkylation sites (N-methyl/N-ethyl adjacent to an activating group) is 1. The standard InChI is InChI=1S/C13H20N2O2S/c1-10(13(16)15-9-8-14-2)18-12-6-4-11(17-3)5-7-12/h4-7,10,14H,8-9H2,1-3H3,(H,15,16). The van der Waals surface area contributed by atoms with Gasteiger partial charge in [0.15, 0.2) is 0 Å². The SMILES string of the molecule is CNCCNC(=O)C(C)Sc1ccc(OC)cc1. The Morgan fingerprint density at radius 1 is 1.33 bits per heavy atom. The number of ether oxygens (including phenoxy) is 1. The van der Waals surface area contributed by atoms with E-state index in [4.69, 9.17) is 4.74 Å². The van der Waals surface area contributed by atoms with Crippen molar-refractivity contribution in [1.29, 1.82) is 0 Å². The van der Waals surface area contributed by atoms with Crippen molar-refractivity contribution in [2.75, 3.05) is 27.2 Å². The second kappa shape index (κ2) is 8.00. The van der Waals surface area contributed by atoms with Gasteiger partial charge >= 0.3 is 0 Å². The van der Waals surface area contributed by atoms with Crippen LogP contribution in [0.2, 0.25) is 0 Å². The van der Waals surface area contributed by atoms with Crippen molar-refractivity contribution in [3.63, 3.8) is 0 Å². The molecule has 4 nitrogen and oxygen atoms in total. The van der Waals surface area contributed by atoms with Crippen LogP contribution >= 0.6 is 11.8 Å². The Morgan fingerprint density at radius 2 is 2.00 bits per heavy atom. The fourth-order valence-electron chi connectivity index (χ4n) is 1.37. The van der Waals surface area contributed by atoms with Gasteiger partial charge in [-0.05, 0) is 38.2 Å². The van der Waals surface area contributed by atoms with Crippen LogP contribution in [0.25, 0.3) is 0 Å². The predicted octanol–water partition coefficient (Wildman–Crippen LogP) is 1.51. The van der Waals surface area contributed by atoms with Crippen LogP contribution in [0.1, 0.15) is 6.92 Å². The third-order valence-electron chi connectivity index (χ3n) is 2.42. The lowest BCUT2D eigenvalue weighted by Gasteiger charge is -2.12. The largest absolute Gasteiger partial charge is 0.497 e. The van der Waals surface area contributed by atoms with Crippen molar-refractivity contribution >= 4 is 17.7 Å². The maximum Gasteiger partial charge on any atom is 0.233 e. The lowest BCUT2D eigenvalue weighted by Crippen LogP contribution is -2.35. The highest BCUT2D eigenvalue weighted by molar-refractivity contribution is 8.00. The molecule has 1 amide bonds. The number of nitrogens with one attached hydrogen (secondary N) is 2. The van der Waals surface area contributed by atoms with Gasteiger partial charge < -0.3 is 15.4 Å². The zero-order chi connectivity index (χ0) is 13.4. The highest BCUT2D eigenvalue weighted by Gasteiger charge is 2.13. The average Bonchev–Trinajstić information content (AvgIpc) is 2.39. The van der Waals surface area contributed by atoms with Crippen molar-refractivity contribution in [1.82, 2.24) is 10.6 Å². The van der Waals surface area contributed by atoms with E-state index in [0.29, 0.717) is 6.54 Å².